The lowest BCUT2D eigenvalue weighted by Crippen LogP contribution is -2.37. The SMILES string of the molecule is O=C(c1ccc(F)cc1)N1CCCN(C2=Nc3ccc(C(F)(F)F)cc3Oc3ccccc32)CC1. The third-order valence-corrected chi connectivity index (χ3v) is 6.04. The van der Waals surface area contributed by atoms with Gasteiger partial charge in [0.15, 0.2) is 5.75 Å². The van der Waals surface area contributed by atoms with Crippen LogP contribution in [0.5, 0.6) is 11.5 Å². The Hall–Kier alpha value is -3.88. The molecule has 0 aliphatic carbocycles. The minimum absolute atomic E-state index is 0.0326. The van der Waals surface area contributed by atoms with Crippen LogP contribution in [-0.2, 0) is 6.18 Å². The standard InChI is InChI=1S/C26H21F4N3O2/c27-19-9-6-17(7-10-19)25(34)33-13-3-12-32(14-15-33)24-20-4-1-2-5-22(20)35-23-16-18(26(28,29)30)8-11-21(23)31-24/h1-2,4-11,16H,3,12-15H2. The molecule has 1 saturated heterocycles. The van der Waals surface area contributed by atoms with Gasteiger partial charge in [0.25, 0.3) is 5.91 Å². The molecule has 5 nitrogen and oxygen atoms in total. The number of nitrogens with zero attached hydrogens (tertiary/aromatic N) is 3. The number of rotatable bonds is 1. The number of para-hydroxylation sites is 1. The number of aliphatic imine (C=N–C) groups is 1. The number of amidine groups is 1. The van der Waals surface area contributed by atoms with Crippen molar-refractivity contribution in [2.45, 2.75) is 12.6 Å². The molecule has 2 aliphatic heterocycles. The lowest BCUT2D eigenvalue weighted by atomic mass is 10.1. The number of benzene rings is 3. The van der Waals surface area contributed by atoms with E-state index in [0.717, 1.165) is 12.1 Å². The van der Waals surface area contributed by atoms with Gasteiger partial charge in [0.05, 0.1) is 11.1 Å². The molecule has 3 aromatic rings. The molecule has 9 heteroatoms. The summed E-state index contributed by atoms with van der Waals surface area (Å²) in [5, 5.41) is 0. The van der Waals surface area contributed by atoms with Gasteiger partial charge in [-0.1, -0.05) is 12.1 Å². The van der Waals surface area contributed by atoms with Crippen LogP contribution < -0.4 is 4.74 Å². The summed E-state index contributed by atoms with van der Waals surface area (Å²) in [4.78, 5) is 21.4. The molecule has 0 spiro atoms. The number of ether oxygens (including phenoxy) is 1. The third-order valence-electron chi connectivity index (χ3n) is 6.04. The Bertz CT molecular complexity index is 1290. The number of carbonyl (C=O) groups is 1. The van der Waals surface area contributed by atoms with Gasteiger partial charge in [-0.15, -0.1) is 0 Å². The summed E-state index contributed by atoms with van der Waals surface area (Å²) >= 11 is 0. The van der Waals surface area contributed by atoms with Gasteiger partial charge in [-0.3, -0.25) is 4.79 Å². The largest absolute Gasteiger partial charge is 0.454 e. The Balaban J connectivity index is 1.45. The summed E-state index contributed by atoms with van der Waals surface area (Å²) in [6, 6.07) is 15.8. The van der Waals surface area contributed by atoms with Crippen LogP contribution >= 0.6 is 0 Å². The maximum absolute atomic E-state index is 13.3. The Morgan fingerprint density at radius 1 is 0.886 bits per heavy atom. The Labute approximate surface area is 199 Å². The molecule has 180 valence electrons. The van der Waals surface area contributed by atoms with Gasteiger partial charge in [0.2, 0.25) is 0 Å². The summed E-state index contributed by atoms with van der Waals surface area (Å²) in [7, 11) is 0. The summed E-state index contributed by atoms with van der Waals surface area (Å²) in [6.07, 6.45) is -3.84. The molecule has 0 atom stereocenters. The van der Waals surface area contributed by atoms with Crippen LogP contribution in [0.15, 0.2) is 71.7 Å². The van der Waals surface area contributed by atoms with E-state index in [1.165, 1.54) is 30.3 Å². The maximum atomic E-state index is 13.3. The molecule has 0 aromatic heterocycles. The Morgan fingerprint density at radius 2 is 1.66 bits per heavy atom. The van der Waals surface area contributed by atoms with Gasteiger partial charge < -0.3 is 14.5 Å². The Kier molecular flexibility index (Phi) is 5.92. The molecule has 0 saturated carbocycles. The second kappa shape index (κ2) is 9.05. The van der Waals surface area contributed by atoms with Crippen molar-refractivity contribution in [3.8, 4) is 11.5 Å². The first-order valence-corrected chi connectivity index (χ1v) is 11.2. The average molecular weight is 483 g/mol. The van der Waals surface area contributed by atoms with E-state index in [1.54, 1.807) is 17.0 Å². The van der Waals surface area contributed by atoms with Crippen molar-refractivity contribution >= 4 is 17.4 Å². The monoisotopic (exact) mass is 483 g/mol. The van der Waals surface area contributed by atoms with Crippen molar-refractivity contribution in [3.05, 3.63) is 89.2 Å². The number of carbonyl (C=O) groups excluding carboxylic acids is 1. The van der Waals surface area contributed by atoms with E-state index >= 15 is 0 Å². The molecule has 1 amide bonds. The molecular formula is C26H21F4N3O2. The fourth-order valence-electron chi connectivity index (χ4n) is 4.25. The number of amides is 1. The zero-order valence-corrected chi connectivity index (χ0v) is 18.6. The van der Waals surface area contributed by atoms with Crippen LogP contribution in [-0.4, -0.2) is 47.7 Å². The molecule has 2 heterocycles. The molecular weight excluding hydrogens is 462 g/mol. The number of hydrogen-bond acceptors (Lipinski definition) is 4. The van der Waals surface area contributed by atoms with Crippen molar-refractivity contribution in [1.82, 2.24) is 9.80 Å². The maximum Gasteiger partial charge on any atom is 0.416 e. The summed E-state index contributed by atoms with van der Waals surface area (Å²) in [5.41, 5.74) is 0.570. The highest BCUT2D eigenvalue weighted by Gasteiger charge is 2.33. The first-order chi connectivity index (χ1) is 16.8. The van der Waals surface area contributed by atoms with Gasteiger partial charge in [0.1, 0.15) is 23.1 Å². The molecule has 1 fully saturated rings. The van der Waals surface area contributed by atoms with Gasteiger partial charge in [-0.25, -0.2) is 9.38 Å². The van der Waals surface area contributed by atoms with Crippen molar-refractivity contribution in [2.75, 3.05) is 26.2 Å². The highest BCUT2D eigenvalue weighted by molar-refractivity contribution is 6.04. The van der Waals surface area contributed by atoms with Crippen molar-refractivity contribution < 1.29 is 27.1 Å². The van der Waals surface area contributed by atoms with Gasteiger partial charge >= 0.3 is 6.18 Å². The van der Waals surface area contributed by atoms with Crippen LogP contribution in [0.2, 0.25) is 0 Å². The molecule has 3 aromatic carbocycles. The highest BCUT2D eigenvalue weighted by Crippen LogP contribution is 2.41. The third kappa shape index (κ3) is 4.71. The second-order valence-corrected chi connectivity index (χ2v) is 8.35. The van der Waals surface area contributed by atoms with Crippen LogP contribution in [0, 0.1) is 5.82 Å². The molecule has 0 bridgehead atoms. The molecule has 35 heavy (non-hydrogen) atoms. The number of halogens is 4. The normalized spacial score (nSPS) is 15.8. The quantitative estimate of drug-likeness (QED) is 0.407. The molecule has 5 rings (SSSR count). The lowest BCUT2D eigenvalue weighted by Gasteiger charge is -2.25. The fourth-order valence-corrected chi connectivity index (χ4v) is 4.25. The smallest absolute Gasteiger partial charge is 0.416 e. The molecule has 0 N–H and O–H groups in total. The van der Waals surface area contributed by atoms with Crippen LogP contribution in [0.25, 0.3) is 0 Å². The second-order valence-electron chi connectivity index (χ2n) is 8.35. The molecule has 0 unspecified atom stereocenters. The zero-order chi connectivity index (χ0) is 24.6. The van der Waals surface area contributed by atoms with Crippen LogP contribution in [0.4, 0.5) is 23.2 Å². The van der Waals surface area contributed by atoms with E-state index in [4.69, 9.17) is 9.73 Å². The predicted molar refractivity (Wildman–Crippen MR) is 123 cm³/mol. The topological polar surface area (TPSA) is 45.1 Å². The average Bonchev–Trinajstić information content (AvgIpc) is 3.18. The summed E-state index contributed by atoms with van der Waals surface area (Å²) in [5.74, 6) is 0.440. The van der Waals surface area contributed by atoms with Crippen molar-refractivity contribution in [2.24, 2.45) is 4.99 Å². The van der Waals surface area contributed by atoms with Gasteiger partial charge in [-0.2, -0.15) is 13.2 Å². The minimum atomic E-state index is -4.50. The number of hydrogen-bond donors (Lipinski definition) is 0. The van der Waals surface area contributed by atoms with Crippen molar-refractivity contribution in [3.63, 3.8) is 0 Å². The summed E-state index contributed by atoms with van der Waals surface area (Å²) < 4.78 is 58.9. The number of fused-ring (bicyclic) bond motifs is 2. The predicted octanol–water partition coefficient (Wildman–Crippen LogP) is 5.88. The zero-order valence-electron chi connectivity index (χ0n) is 18.6. The van der Waals surface area contributed by atoms with E-state index in [-0.39, 0.29) is 11.7 Å². The van der Waals surface area contributed by atoms with E-state index in [9.17, 15) is 22.4 Å². The van der Waals surface area contributed by atoms with Crippen LogP contribution in [0.3, 0.4) is 0 Å². The van der Waals surface area contributed by atoms with Gasteiger partial charge in [0, 0.05) is 31.7 Å². The first-order valence-electron chi connectivity index (χ1n) is 11.2. The highest BCUT2D eigenvalue weighted by atomic mass is 19.4. The lowest BCUT2D eigenvalue weighted by molar-refractivity contribution is -0.137. The number of alkyl halides is 3. The van der Waals surface area contributed by atoms with E-state index in [2.05, 4.69) is 0 Å². The molecule has 2 aliphatic rings. The Morgan fingerprint density at radius 3 is 2.43 bits per heavy atom. The van der Waals surface area contributed by atoms with E-state index < -0.39 is 17.6 Å². The van der Waals surface area contributed by atoms with Gasteiger partial charge in [-0.05, 0) is 61.0 Å². The van der Waals surface area contributed by atoms with E-state index in [1.807, 2.05) is 17.0 Å². The van der Waals surface area contributed by atoms with E-state index in [0.29, 0.717) is 61.0 Å². The summed E-state index contributed by atoms with van der Waals surface area (Å²) in [6.45, 7) is 1.99. The molecule has 0 radical (unpaired) electrons. The van der Waals surface area contributed by atoms with Crippen molar-refractivity contribution in [1.29, 1.82) is 0 Å². The first kappa shape index (κ1) is 22.9. The minimum Gasteiger partial charge on any atom is -0.454 e. The fraction of sp³-hybridized carbons (Fsp3) is 0.231. The van der Waals surface area contributed by atoms with Crippen LogP contribution in [0.1, 0.15) is 27.9 Å².